The lowest BCUT2D eigenvalue weighted by Crippen LogP contribution is -2.64. The minimum atomic E-state index is -1.57. The van der Waals surface area contributed by atoms with Crippen LogP contribution in [0.1, 0.15) is 83.4 Å². The molecular formula is C33H46N8O7. The van der Waals surface area contributed by atoms with Gasteiger partial charge in [0.1, 0.15) is 23.2 Å². The predicted molar refractivity (Wildman–Crippen MR) is 173 cm³/mol. The summed E-state index contributed by atoms with van der Waals surface area (Å²) in [5, 5.41) is 27.4. The molecule has 6 N–H and O–H groups in total. The van der Waals surface area contributed by atoms with Crippen LogP contribution in [-0.4, -0.2) is 91.9 Å². The monoisotopic (exact) mass is 666 g/mol. The van der Waals surface area contributed by atoms with E-state index in [4.69, 9.17) is 10.5 Å². The van der Waals surface area contributed by atoms with Crippen molar-refractivity contribution >= 4 is 35.2 Å². The van der Waals surface area contributed by atoms with Crippen molar-refractivity contribution in [1.82, 2.24) is 30.5 Å². The predicted octanol–water partition coefficient (Wildman–Crippen LogP) is 1.53. The third kappa shape index (κ3) is 8.01. The normalized spacial score (nSPS) is 22.0. The number of hydrogen-bond donors (Lipinski definition) is 5. The van der Waals surface area contributed by atoms with Crippen LogP contribution in [0.4, 0.5) is 10.5 Å². The third-order valence-corrected chi connectivity index (χ3v) is 9.71. The second-order valence-corrected chi connectivity index (χ2v) is 13.7. The van der Waals surface area contributed by atoms with E-state index >= 15 is 0 Å². The molecule has 2 aromatic rings. The number of primary amides is 1. The maximum absolute atomic E-state index is 14.6. The van der Waals surface area contributed by atoms with Gasteiger partial charge in [-0.05, 0) is 38.3 Å². The molecule has 3 atom stereocenters. The number of carbonyl (C=O) groups is 5. The Morgan fingerprint density at radius 1 is 1.08 bits per heavy atom. The van der Waals surface area contributed by atoms with Gasteiger partial charge < -0.3 is 36.4 Å². The molecule has 260 valence electrons. The fraction of sp³-hybridized carbons (Fsp3) is 0.606. The number of ketones is 1. The fourth-order valence-electron chi connectivity index (χ4n) is 7.14. The first-order valence-corrected chi connectivity index (χ1v) is 16.7. The molecule has 1 aromatic carbocycles. The van der Waals surface area contributed by atoms with E-state index in [9.17, 15) is 29.1 Å². The maximum atomic E-state index is 14.6. The Labute approximate surface area is 279 Å². The smallest absolute Gasteiger partial charge is 0.319 e. The van der Waals surface area contributed by atoms with Gasteiger partial charge in [-0.3, -0.25) is 19.2 Å². The lowest BCUT2D eigenvalue weighted by atomic mass is 9.84. The van der Waals surface area contributed by atoms with Crippen molar-refractivity contribution in [3.8, 4) is 0 Å². The second kappa shape index (κ2) is 14.8. The Kier molecular flexibility index (Phi) is 10.8. The van der Waals surface area contributed by atoms with Crippen LogP contribution < -0.4 is 21.7 Å². The molecule has 1 aliphatic carbocycles. The molecule has 2 saturated heterocycles. The summed E-state index contributed by atoms with van der Waals surface area (Å²) in [6, 6.07) is 5.69. The quantitative estimate of drug-likeness (QED) is 0.220. The minimum absolute atomic E-state index is 0.0202. The standard InChI is InChI=1S/C33H46N8O7/c1-32(2,47)26-19-35-39-41(26)23-18-25(29(44)38-33(27(42)28(34)43)13-15-48-16-14-33)40(20-23)30(45)24(17-21-9-5-3-6-10-21)37-31(46)36-22-11-7-4-8-12-22/h4,7-8,11-12,19,21,23-25,47H,3,5-6,9-10,13-18,20H2,1-2H3,(H2,34,43)(H,38,44)(H2,36,37,46)/t23-,24+,25-/m0/s1. The Bertz CT molecular complexity index is 1480. The number of nitrogens with one attached hydrogen (secondary N) is 3. The number of para-hydroxylation sites is 1. The number of hydrogen-bond acceptors (Lipinski definition) is 9. The number of Topliss-reactive ketones (excluding diaryl/α,β-unsaturated/α-hetero) is 1. The molecule has 3 aliphatic rings. The van der Waals surface area contributed by atoms with Crippen LogP contribution in [0.25, 0.3) is 0 Å². The van der Waals surface area contributed by atoms with Crippen LogP contribution in [0.3, 0.4) is 0 Å². The molecule has 48 heavy (non-hydrogen) atoms. The van der Waals surface area contributed by atoms with Crippen LogP contribution in [0.15, 0.2) is 36.5 Å². The zero-order valence-electron chi connectivity index (χ0n) is 27.5. The fourth-order valence-corrected chi connectivity index (χ4v) is 7.14. The van der Waals surface area contributed by atoms with E-state index in [2.05, 4.69) is 26.3 Å². The number of amides is 5. The highest BCUT2D eigenvalue weighted by molar-refractivity contribution is 6.39. The highest BCUT2D eigenvalue weighted by Gasteiger charge is 2.49. The molecule has 1 saturated carbocycles. The highest BCUT2D eigenvalue weighted by Crippen LogP contribution is 2.34. The van der Waals surface area contributed by atoms with Crippen LogP contribution in [0, 0.1) is 5.92 Å². The molecule has 0 spiro atoms. The number of aromatic nitrogens is 3. The summed E-state index contributed by atoms with van der Waals surface area (Å²) in [6.07, 6.45) is 7.01. The van der Waals surface area contributed by atoms with Gasteiger partial charge in [-0.15, -0.1) is 5.10 Å². The summed E-state index contributed by atoms with van der Waals surface area (Å²) in [5.74, 6) is -3.00. The van der Waals surface area contributed by atoms with Gasteiger partial charge in [0.15, 0.2) is 0 Å². The van der Waals surface area contributed by atoms with Gasteiger partial charge in [0.05, 0.1) is 17.9 Å². The van der Waals surface area contributed by atoms with Gasteiger partial charge in [-0.2, -0.15) is 0 Å². The number of urea groups is 1. The van der Waals surface area contributed by atoms with E-state index in [1.165, 1.54) is 15.8 Å². The zero-order chi connectivity index (χ0) is 34.5. The molecule has 3 fully saturated rings. The first kappa shape index (κ1) is 35.0. The molecule has 15 heteroatoms. The van der Waals surface area contributed by atoms with Crippen LogP contribution >= 0.6 is 0 Å². The maximum Gasteiger partial charge on any atom is 0.319 e. The van der Waals surface area contributed by atoms with E-state index < -0.39 is 58.8 Å². The summed E-state index contributed by atoms with van der Waals surface area (Å²) in [6.45, 7) is 3.46. The Morgan fingerprint density at radius 2 is 1.77 bits per heavy atom. The number of nitrogens with zero attached hydrogens (tertiary/aromatic N) is 4. The van der Waals surface area contributed by atoms with Crippen LogP contribution in [-0.2, 0) is 29.5 Å². The van der Waals surface area contributed by atoms with Crippen molar-refractivity contribution in [2.75, 3.05) is 25.1 Å². The topological polar surface area (TPSA) is 211 Å². The highest BCUT2D eigenvalue weighted by atomic mass is 16.5. The number of aliphatic hydroxyl groups is 1. The number of benzene rings is 1. The number of anilines is 1. The molecule has 5 amide bonds. The molecule has 15 nitrogen and oxygen atoms in total. The van der Waals surface area contributed by atoms with Crippen molar-refractivity contribution in [3.63, 3.8) is 0 Å². The molecule has 0 bridgehead atoms. The average Bonchev–Trinajstić information content (AvgIpc) is 3.74. The Balaban J connectivity index is 1.46. The van der Waals surface area contributed by atoms with E-state index in [1.54, 1.807) is 38.1 Å². The number of carbonyl (C=O) groups excluding carboxylic acids is 5. The van der Waals surface area contributed by atoms with Gasteiger partial charge >= 0.3 is 6.03 Å². The van der Waals surface area contributed by atoms with Gasteiger partial charge in [0.25, 0.3) is 5.91 Å². The van der Waals surface area contributed by atoms with E-state index in [-0.39, 0.29) is 44.9 Å². The van der Waals surface area contributed by atoms with Gasteiger partial charge in [-0.1, -0.05) is 55.5 Å². The number of nitrogens with two attached hydrogens (primary N) is 1. The Hall–Kier alpha value is -4.37. The molecule has 2 aliphatic heterocycles. The average molecular weight is 667 g/mol. The minimum Gasteiger partial charge on any atom is -0.384 e. The molecule has 3 heterocycles. The van der Waals surface area contributed by atoms with E-state index in [0.29, 0.717) is 17.8 Å². The first-order chi connectivity index (χ1) is 22.9. The van der Waals surface area contributed by atoms with E-state index in [1.807, 2.05) is 6.07 Å². The van der Waals surface area contributed by atoms with Gasteiger partial charge in [-0.25, -0.2) is 9.48 Å². The number of rotatable bonds is 11. The lowest BCUT2D eigenvalue weighted by molar-refractivity contribution is -0.147. The van der Waals surface area contributed by atoms with Crippen molar-refractivity contribution in [3.05, 3.63) is 42.2 Å². The molecule has 0 radical (unpaired) electrons. The molecule has 1 aromatic heterocycles. The van der Waals surface area contributed by atoms with Gasteiger partial charge in [0, 0.05) is 44.7 Å². The third-order valence-electron chi connectivity index (χ3n) is 9.71. The summed E-state index contributed by atoms with van der Waals surface area (Å²) in [4.78, 5) is 68.5. The van der Waals surface area contributed by atoms with Crippen molar-refractivity contribution in [1.29, 1.82) is 0 Å². The summed E-state index contributed by atoms with van der Waals surface area (Å²) >= 11 is 0. The van der Waals surface area contributed by atoms with E-state index in [0.717, 1.165) is 32.1 Å². The van der Waals surface area contributed by atoms with Crippen LogP contribution in [0.5, 0.6) is 0 Å². The number of ether oxygens (including phenoxy) is 1. The summed E-state index contributed by atoms with van der Waals surface area (Å²) in [7, 11) is 0. The molecule has 5 rings (SSSR count). The largest absolute Gasteiger partial charge is 0.384 e. The van der Waals surface area contributed by atoms with Crippen LogP contribution in [0.2, 0.25) is 0 Å². The first-order valence-electron chi connectivity index (χ1n) is 16.7. The zero-order valence-corrected chi connectivity index (χ0v) is 27.5. The van der Waals surface area contributed by atoms with Gasteiger partial charge in [0.2, 0.25) is 17.6 Å². The lowest BCUT2D eigenvalue weighted by Gasteiger charge is -2.37. The number of likely N-dealkylation sites (tertiary alicyclic amines) is 1. The SMILES string of the molecule is CC(C)(O)c1cnnn1[C@H]1C[C@@H](C(=O)NC2(C(=O)C(N)=O)CCOCC2)N(C(=O)[C@@H](CC2CCCCC2)NC(=O)Nc2ccccc2)C1. The van der Waals surface area contributed by atoms with Crippen molar-refractivity contribution in [2.45, 2.75) is 101 Å². The molecular weight excluding hydrogens is 620 g/mol. The molecule has 0 unspecified atom stereocenters. The summed E-state index contributed by atoms with van der Waals surface area (Å²) in [5.41, 5.74) is 3.45. The second-order valence-electron chi connectivity index (χ2n) is 13.7. The van der Waals surface area contributed by atoms with Crippen molar-refractivity contribution in [2.24, 2.45) is 11.7 Å². The summed E-state index contributed by atoms with van der Waals surface area (Å²) < 4.78 is 6.92. The Morgan fingerprint density at radius 3 is 2.42 bits per heavy atom. The van der Waals surface area contributed by atoms with Crippen molar-refractivity contribution < 1.29 is 33.8 Å².